The average molecular weight is 351 g/mol. The van der Waals surface area contributed by atoms with Crippen molar-refractivity contribution in [3.8, 4) is 0 Å². The number of hydrogen-bond acceptors (Lipinski definition) is 2. The monoisotopic (exact) mass is 350 g/mol. The third-order valence-electron chi connectivity index (χ3n) is 5.94. The number of likely N-dealkylation sites (tertiary alicyclic amines) is 2. The molecule has 0 aromatic rings. The molecule has 140 valence electrons. The first-order valence-corrected chi connectivity index (χ1v) is 12.6. The molecule has 2 heterocycles. The smallest absolute Gasteiger partial charge is 0.0622 e. The predicted octanol–water partition coefficient (Wildman–Crippen LogP) is 4.75. The van der Waals surface area contributed by atoms with Gasteiger partial charge in [0, 0.05) is 9.52 Å². The van der Waals surface area contributed by atoms with Crippen molar-refractivity contribution >= 4 is 9.52 Å². The van der Waals surface area contributed by atoms with Crippen molar-refractivity contribution in [2.75, 3.05) is 26.2 Å². The molecule has 2 fully saturated rings. The first-order valence-electron chi connectivity index (χ1n) is 10.9. The lowest BCUT2D eigenvalue weighted by molar-refractivity contribution is 0.0245. The Kier molecular flexibility index (Phi) is 10.3. The highest BCUT2D eigenvalue weighted by Crippen LogP contribution is 2.22. The lowest BCUT2D eigenvalue weighted by atomic mass is 10.0. The molecule has 0 aromatic heterocycles. The minimum absolute atomic E-state index is 0.00995. The predicted molar refractivity (Wildman–Crippen MR) is 111 cm³/mol. The van der Waals surface area contributed by atoms with E-state index in [-0.39, 0.29) is 9.52 Å². The third-order valence-corrected chi connectivity index (χ3v) is 7.65. The molecule has 0 bridgehead atoms. The number of nitrogens with zero attached hydrogens (tertiary/aromatic N) is 2. The Labute approximate surface area is 153 Å². The van der Waals surface area contributed by atoms with E-state index in [0.717, 1.165) is 6.17 Å². The van der Waals surface area contributed by atoms with Crippen LogP contribution in [0, 0.1) is 0 Å². The van der Waals surface area contributed by atoms with E-state index in [1.165, 1.54) is 114 Å². The van der Waals surface area contributed by atoms with E-state index >= 15 is 0 Å². The van der Waals surface area contributed by atoms with Crippen LogP contribution in [0.4, 0.5) is 0 Å². The van der Waals surface area contributed by atoms with Crippen LogP contribution in [0.25, 0.3) is 0 Å². The fourth-order valence-electron chi connectivity index (χ4n) is 4.49. The molecule has 2 saturated heterocycles. The molecule has 0 N–H and O–H groups in total. The minimum atomic E-state index is -0.00995. The van der Waals surface area contributed by atoms with Crippen LogP contribution in [0.15, 0.2) is 11.8 Å². The minimum Gasteiger partial charge on any atom is -0.288 e. The molecule has 2 aliphatic rings. The van der Waals surface area contributed by atoms with Crippen LogP contribution < -0.4 is 0 Å². The van der Waals surface area contributed by atoms with Gasteiger partial charge in [0.2, 0.25) is 0 Å². The summed E-state index contributed by atoms with van der Waals surface area (Å²) >= 11 is 0. The van der Waals surface area contributed by atoms with Crippen molar-refractivity contribution in [3.05, 3.63) is 11.8 Å². The van der Waals surface area contributed by atoms with Crippen molar-refractivity contribution < 1.29 is 0 Å². The lowest BCUT2D eigenvalue weighted by Gasteiger charge is -2.41. The normalized spacial score (nSPS) is 23.1. The van der Waals surface area contributed by atoms with Gasteiger partial charge in [0.25, 0.3) is 0 Å². The molecule has 24 heavy (non-hydrogen) atoms. The largest absolute Gasteiger partial charge is 0.288 e. The molecule has 0 unspecified atom stereocenters. The second kappa shape index (κ2) is 12.3. The van der Waals surface area contributed by atoms with E-state index in [1.54, 1.807) is 0 Å². The molecule has 3 heteroatoms. The SMILES string of the molecule is C=C(C)[SiH2]CCCC(N1CCCCCCC1)N1CCCCCCC1. The van der Waals surface area contributed by atoms with Crippen LogP contribution in [0.2, 0.25) is 6.04 Å². The molecule has 0 aromatic carbocycles. The van der Waals surface area contributed by atoms with Crippen LogP contribution in [0.3, 0.4) is 0 Å². The average Bonchev–Trinajstić information content (AvgIpc) is 2.48. The molecule has 2 aliphatic heterocycles. The second-order valence-electron chi connectivity index (χ2n) is 8.29. The van der Waals surface area contributed by atoms with E-state index in [2.05, 4.69) is 23.3 Å². The summed E-state index contributed by atoms with van der Waals surface area (Å²) in [5.41, 5.74) is 0. The quantitative estimate of drug-likeness (QED) is 0.483. The first kappa shape index (κ1) is 20.2. The number of hydrogen-bond donors (Lipinski definition) is 0. The molecule has 2 nitrogen and oxygen atoms in total. The summed E-state index contributed by atoms with van der Waals surface area (Å²) in [4.78, 5) is 5.76. The highest BCUT2D eigenvalue weighted by atomic mass is 28.2. The van der Waals surface area contributed by atoms with Gasteiger partial charge in [-0.1, -0.05) is 56.2 Å². The van der Waals surface area contributed by atoms with Gasteiger partial charge in [-0.05, 0) is 65.2 Å². The molecule has 0 atom stereocenters. The topological polar surface area (TPSA) is 6.48 Å². The van der Waals surface area contributed by atoms with Gasteiger partial charge in [-0.2, -0.15) is 0 Å². The Balaban J connectivity index is 1.93. The van der Waals surface area contributed by atoms with E-state index in [1.807, 2.05) is 0 Å². The zero-order chi connectivity index (χ0) is 17.0. The van der Waals surface area contributed by atoms with Gasteiger partial charge >= 0.3 is 0 Å². The standard InChI is InChI=1S/C21H42N2Si/c1-20(2)24-19-13-14-21(22-15-9-5-3-6-10-16-22)23-17-11-7-4-8-12-18-23/h21H,1,3-19,24H2,2H3. The van der Waals surface area contributed by atoms with Crippen molar-refractivity contribution in [1.82, 2.24) is 9.80 Å². The molecular weight excluding hydrogens is 308 g/mol. The fraction of sp³-hybridized carbons (Fsp3) is 0.905. The fourth-order valence-corrected chi connectivity index (χ4v) is 5.63. The molecule has 0 spiro atoms. The zero-order valence-electron chi connectivity index (χ0n) is 16.4. The summed E-state index contributed by atoms with van der Waals surface area (Å²) in [7, 11) is -0.00995. The van der Waals surface area contributed by atoms with E-state index in [0.29, 0.717) is 0 Å². The Bertz CT molecular complexity index is 307. The maximum absolute atomic E-state index is 4.14. The molecule has 2 rings (SSSR count). The van der Waals surface area contributed by atoms with E-state index in [9.17, 15) is 0 Å². The van der Waals surface area contributed by atoms with Crippen LogP contribution >= 0.6 is 0 Å². The van der Waals surface area contributed by atoms with Crippen molar-refractivity contribution in [2.45, 2.75) is 96.2 Å². The first-order chi connectivity index (χ1) is 11.8. The van der Waals surface area contributed by atoms with Crippen LogP contribution in [-0.2, 0) is 0 Å². The summed E-state index contributed by atoms with van der Waals surface area (Å²) in [6, 6.07) is 1.47. The summed E-state index contributed by atoms with van der Waals surface area (Å²) in [5.74, 6) is 0. The van der Waals surface area contributed by atoms with Crippen LogP contribution in [0.5, 0.6) is 0 Å². The van der Waals surface area contributed by atoms with Gasteiger partial charge in [0.1, 0.15) is 0 Å². The van der Waals surface area contributed by atoms with Gasteiger partial charge in [0.15, 0.2) is 0 Å². The van der Waals surface area contributed by atoms with Gasteiger partial charge in [-0.3, -0.25) is 9.80 Å². The van der Waals surface area contributed by atoms with Crippen LogP contribution in [0.1, 0.15) is 84.0 Å². The van der Waals surface area contributed by atoms with Crippen LogP contribution in [-0.4, -0.2) is 51.7 Å². The molecule has 0 radical (unpaired) electrons. The second-order valence-corrected chi connectivity index (χ2v) is 10.7. The van der Waals surface area contributed by atoms with Crippen molar-refractivity contribution in [1.29, 1.82) is 0 Å². The molecule has 0 amide bonds. The summed E-state index contributed by atoms with van der Waals surface area (Å²) < 4.78 is 0. The van der Waals surface area contributed by atoms with E-state index in [4.69, 9.17) is 0 Å². The Hall–Kier alpha value is -0.123. The maximum Gasteiger partial charge on any atom is 0.0622 e. The van der Waals surface area contributed by atoms with Gasteiger partial charge in [-0.25, -0.2) is 0 Å². The molecule has 0 saturated carbocycles. The zero-order valence-corrected chi connectivity index (χ0v) is 17.8. The number of allylic oxidation sites excluding steroid dienone is 1. The molecular formula is C21H42N2Si. The molecule has 0 aliphatic carbocycles. The van der Waals surface area contributed by atoms with E-state index < -0.39 is 0 Å². The van der Waals surface area contributed by atoms with Gasteiger partial charge in [0.05, 0.1) is 6.17 Å². The Morgan fingerprint density at radius 2 is 1.21 bits per heavy atom. The lowest BCUT2D eigenvalue weighted by Crippen LogP contribution is -2.50. The Morgan fingerprint density at radius 1 is 0.792 bits per heavy atom. The highest BCUT2D eigenvalue weighted by molar-refractivity contribution is 6.44. The Morgan fingerprint density at radius 3 is 1.62 bits per heavy atom. The summed E-state index contributed by atoms with van der Waals surface area (Å²) in [6.45, 7) is 11.8. The third kappa shape index (κ3) is 7.84. The highest BCUT2D eigenvalue weighted by Gasteiger charge is 2.25. The summed E-state index contributed by atoms with van der Waals surface area (Å²) in [5, 5.41) is 1.49. The van der Waals surface area contributed by atoms with Crippen molar-refractivity contribution in [2.24, 2.45) is 0 Å². The van der Waals surface area contributed by atoms with Gasteiger partial charge in [-0.15, -0.1) is 6.58 Å². The number of rotatable bonds is 7. The van der Waals surface area contributed by atoms with Gasteiger partial charge < -0.3 is 0 Å². The maximum atomic E-state index is 4.14. The van der Waals surface area contributed by atoms with Crippen molar-refractivity contribution in [3.63, 3.8) is 0 Å². The summed E-state index contributed by atoms with van der Waals surface area (Å²) in [6.07, 6.45) is 18.0.